The fraction of sp³-hybridized carbons (Fsp3) is 0.750. The number of quaternary nitrogens is 1. The summed E-state index contributed by atoms with van der Waals surface area (Å²) in [5.41, 5.74) is 10.3. The van der Waals surface area contributed by atoms with E-state index >= 15 is 0 Å². The molecule has 10 nitrogen and oxygen atoms in total. The molecule has 1 atom stereocenters. The molecule has 0 aliphatic carbocycles. The van der Waals surface area contributed by atoms with Crippen LogP contribution in [0.3, 0.4) is 0 Å². The van der Waals surface area contributed by atoms with Crippen LogP contribution in [0.1, 0.15) is 19.3 Å². The third-order valence-corrected chi connectivity index (χ3v) is 1.75. The summed E-state index contributed by atoms with van der Waals surface area (Å²) in [6.45, 7) is 0.283. The summed E-state index contributed by atoms with van der Waals surface area (Å²) >= 11 is 0. The summed E-state index contributed by atoms with van der Waals surface area (Å²) < 4.78 is 0. The number of carbonyl (C=O) groups is 2. The highest BCUT2D eigenvalue weighted by Gasteiger charge is 2.11. The maximum atomic E-state index is 10.8. The van der Waals surface area contributed by atoms with Gasteiger partial charge in [-0.2, -0.15) is 0 Å². The Hall–Kier alpha value is -1.30. The molecule has 0 bridgehead atoms. The number of unbranched alkanes of at least 4 members (excludes halogenated alkanes) is 1. The smallest absolute Gasteiger partial charge is 0.234 e. The second-order valence-corrected chi connectivity index (χ2v) is 2.93. The Bertz CT molecular complexity index is 204. The molecule has 0 aromatic rings. The number of carbonyl (C=O) groups excluding carboxylic acids is 2. The molecule has 0 radical (unpaired) electrons. The number of carboxylic acids is 1. The van der Waals surface area contributed by atoms with E-state index in [0.717, 1.165) is 6.42 Å². The number of carboxylic acid groups (broad SMARTS) is 1. The van der Waals surface area contributed by atoms with Crippen LogP contribution in [0, 0.1) is 0 Å². The third-order valence-electron chi connectivity index (χ3n) is 1.75. The van der Waals surface area contributed by atoms with Crippen LogP contribution in [0.4, 0.5) is 0 Å². The molecule has 0 aliphatic rings. The molecule has 0 saturated heterocycles. The maximum Gasteiger partial charge on any atom is 0.234 e. The van der Waals surface area contributed by atoms with Crippen molar-refractivity contribution in [2.75, 3.05) is 13.1 Å². The van der Waals surface area contributed by atoms with Crippen molar-refractivity contribution >= 4 is 11.9 Å². The van der Waals surface area contributed by atoms with E-state index in [1.165, 1.54) is 0 Å². The molecule has 15 N–H and O–H groups in total. The Balaban J connectivity index is -0.000000141. The summed E-state index contributed by atoms with van der Waals surface area (Å²) in [4.78, 5) is 21.4. The van der Waals surface area contributed by atoms with Gasteiger partial charge in [-0.25, -0.2) is 0 Å². The minimum atomic E-state index is -1.29. The van der Waals surface area contributed by atoms with Crippen molar-refractivity contribution in [3.8, 4) is 0 Å². The first kappa shape index (κ1) is 30.1. The van der Waals surface area contributed by atoms with Gasteiger partial charge < -0.3 is 49.3 Å². The number of rotatable bonds is 7. The summed E-state index contributed by atoms with van der Waals surface area (Å²) in [6, 6.07) is -0.961. The summed E-state index contributed by atoms with van der Waals surface area (Å²) in [5.74, 6) is -1.78. The highest BCUT2D eigenvalue weighted by atomic mass is 16.4. The maximum absolute atomic E-state index is 10.8. The van der Waals surface area contributed by atoms with E-state index < -0.39 is 17.9 Å². The van der Waals surface area contributed by atoms with Gasteiger partial charge in [0.1, 0.15) is 0 Å². The topological polar surface area (TPSA) is 252 Å². The normalized spacial score (nSPS) is 9.44. The predicted molar refractivity (Wildman–Crippen MR) is 65.7 cm³/mol. The molecule has 18 heavy (non-hydrogen) atoms. The quantitative estimate of drug-likeness (QED) is 0.332. The van der Waals surface area contributed by atoms with Gasteiger partial charge >= 0.3 is 0 Å². The second-order valence-electron chi connectivity index (χ2n) is 2.93. The zero-order chi connectivity index (χ0) is 11.0. The summed E-state index contributed by atoms with van der Waals surface area (Å²) in [7, 11) is 0. The van der Waals surface area contributed by atoms with Crippen molar-refractivity contribution in [3.05, 3.63) is 0 Å². The minimum Gasteiger partial charge on any atom is -0.548 e. The van der Waals surface area contributed by atoms with Gasteiger partial charge in [0.25, 0.3) is 0 Å². The zero-order valence-corrected chi connectivity index (χ0v) is 10.5. The fourth-order valence-electron chi connectivity index (χ4n) is 0.995. The average molecular weight is 274 g/mol. The first-order chi connectivity index (χ1) is 6.61. The molecule has 0 spiro atoms. The number of nitrogens with two attached hydrogens (primary N) is 2. The van der Waals surface area contributed by atoms with Crippen LogP contribution in [-0.2, 0) is 9.59 Å². The van der Waals surface area contributed by atoms with Crippen LogP contribution in [0.15, 0.2) is 0 Å². The predicted octanol–water partition coefficient (Wildman–Crippen LogP) is -4.79. The van der Waals surface area contributed by atoms with Gasteiger partial charge in [-0.1, -0.05) is 0 Å². The summed E-state index contributed by atoms with van der Waals surface area (Å²) in [6.07, 6.45) is 1.69. The first-order valence-electron chi connectivity index (χ1n) is 4.52. The van der Waals surface area contributed by atoms with Crippen LogP contribution >= 0.6 is 0 Å². The Kier molecular flexibility index (Phi) is 30.2. The monoisotopic (exact) mass is 274 g/mol. The minimum absolute atomic E-state index is 0. The molecule has 0 heterocycles. The molecule has 1 amide bonds. The van der Waals surface area contributed by atoms with E-state index in [1.807, 2.05) is 0 Å². The van der Waals surface area contributed by atoms with Gasteiger partial charge in [-0.15, -0.1) is 0 Å². The van der Waals surface area contributed by atoms with Crippen LogP contribution in [0.2, 0.25) is 0 Å². The standard InChI is InChI=1S/C8H17N3O3.H3N.3H2O/c9-4-2-1-3-6(8(13)14)11-7(12)5-10;;;;/h6H,1-5,9-10H2,(H,11,12)(H,13,14);1H3;3*1H2/t6-;;;;/m0..../s1. The van der Waals surface area contributed by atoms with Gasteiger partial charge in [0.05, 0.1) is 18.6 Å². The average Bonchev–Trinajstić information content (AvgIpc) is 2.16. The highest BCUT2D eigenvalue weighted by Crippen LogP contribution is 1.99. The number of amides is 1. The molecule has 0 aliphatic heterocycles. The molecule has 0 aromatic carbocycles. The van der Waals surface area contributed by atoms with E-state index in [9.17, 15) is 14.7 Å². The molecule has 0 aromatic heterocycles. The molecule has 0 fully saturated rings. The van der Waals surface area contributed by atoms with Crippen LogP contribution in [0.5, 0.6) is 0 Å². The van der Waals surface area contributed by atoms with Crippen molar-refractivity contribution in [2.24, 2.45) is 11.5 Å². The number of aliphatic carboxylic acids is 1. The summed E-state index contributed by atoms with van der Waals surface area (Å²) in [5, 5.41) is 12.8. The fourth-order valence-corrected chi connectivity index (χ4v) is 0.995. The number of hydrogen-bond donors (Lipinski definition) is 4. The van der Waals surface area contributed by atoms with Crippen LogP contribution < -0.4 is 28.0 Å². The molecule has 0 saturated carbocycles. The highest BCUT2D eigenvalue weighted by molar-refractivity contribution is 5.83. The van der Waals surface area contributed by atoms with Crippen molar-refractivity contribution in [1.82, 2.24) is 11.5 Å². The molecule has 0 rings (SSSR count). The van der Waals surface area contributed by atoms with E-state index in [0.29, 0.717) is 19.4 Å². The van der Waals surface area contributed by atoms with E-state index in [-0.39, 0.29) is 29.1 Å². The van der Waals surface area contributed by atoms with Crippen molar-refractivity contribution in [1.29, 1.82) is 0 Å². The Morgan fingerprint density at radius 2 is 1.61 bits per heavy atom. The van der Waals surface area contributed by atoms with E-state index in [2.05, 4.69) is 5.32 Å². The Labute approximate surface area is 105 Å². The van der Waals surface area contributed by atoms with Crippen LogP contribution in [-0.4, -0.2) is 47.4 Å². The van der Waals surface area contributed by atoms with Crippen molar-refractivity contribution < 1.29 is 31.1 Å². The number of hydrogen-bond acceptors (Lipinski definition) is 5. The molecule has 114 valence electrons. The molecular formula is C8H26N4O6. The lowest BCUT2D eigenvalue weighted by Gasteiger charge is -2.18. The van der Waals surface area contributed by atoms with Gasteiger partial charge in [-0.05, 0) is 25.8 Å². The molecular weight excluding hydrogens is 248 g/mol. The Morgan fingerprint density at radius 3 is 1.94 bits per heavy atom. The Morgan fingerprint density at radius 1 is 1.11 bits per heavy atom. The largest absolute Gasteiger partial charge is 0.548 e. The lowest BCUT2D eigenvalue weighted by molar-refractivity contribution is -0.308. The van der Waals surface area contributed by atoms with Gasteiger partial charge in [0.15, 0.2) is 0 Å². The van der Waals surface area contributed by atoms with Gasteiger partial charge in [0.2, 0.25) is 5.91 Å². The van der Waals surface area contributed by atoms with E-state index in [4.69, 9.17) is 11.5 Å². The van der Waals surface area contributed by atoms with E-state index in [1.54, 1.807) is 0 Å². The van der Waals surface area contributed by atoms with Gasteiger partial charge in [-0.3, -0.25) is 4.79 Å². The first-order valence-corrected chi connectivity index (χ1v) is 4.52. The lowest BCUT2D eigenvalue weighted by Crippen LogP contribution is -2.49. The lowest BCUT2D eigenvalue weighted by atomic mass is 10.1. The van der Waals surface area contributed by atoms with Crippen molar-refractivity contribution in [2.45, 2.75) is 25.3 Å². The zero-order valence-electron chi connectivity index (χ0n) is 10.5. The molecule has 0 unspecified atom stereocenters. The van der Waals surface area contributed by atoms with Crippen molar-refractivity contribution in [3.63, 3.8) is 0 Å². The second kappa shape index (κ2) is 18.1. The van der Waals surface area contributed by atoms with Crippen LogP contribution in [0.25, 0.3) is 0 Å². The number of nitrogens with one attached hydrogen (secondary N) is 1. The SMILES string of the molecule is NCCCC[C@H](NC(=O)CN)C(=O)[O-].O.O.O.[NH4+]. The third kappa shape index (κ3) is 14.7. The van der Waals surface area contributed by atoms with Gasteiger partial charge in [0, 0.05) is 0 Å². The molecule has 10 heteroatoms.